The van der Waals surface area contributed by atoms with E-state index in [1.54, 1.807) is 12.3 Å². The van der Waals surface area contributed by atoms with Gasteiger partial charge in [0, 0.05) is 28.8 Å². The lowest BCUT2D eigenvalue weighted by Gasteiger charge is -2.29. The van der Waals surface area contributed by atoms with Crippen molar-refractivity contribution in [3.05, 3.63) is 112 Å². The molecule has 5 rings (SSSR count). The molecule has 0 amide bonds. The van der Waals surface area contributed by atoms with Crippen molar-refractivity contribution < 1.29 is 0 Å². The van der Waals surface area contributed by atoms with Gasteiger partial charge in [-0.05, 0) is 73.7 Å². The van der Waals surface area contributed by atoms with Gasteiger partial charge in [-0.15, -0.1) is 0 Å². The molecule has 2 aromatic heterocycles. The first-order valence-electron chi connectivity index (χ1n) is 10.2. The highest BCUT2D eigenvalue weighted by Crippen LogP contribution is 2.42. The first kappa shape index (κ1) is 21.0. The topological polar surface area (TPSA) is 33.1 Å². The lowest BCUT2D eigenvalue weighted by molar-refractivity contribution is 0.549. The van der Waals surface area contributed by atoms with E-state index in [4.69, 9.17) is 35.4 Å². The molecule has 2 atom stereocenters. The third-order valence-electron chi connectivity index (χ3n) is 5.66. The van der Waals surface area contributed by atoms with Crippen LogP contribution in [-0.2, 0) is 0 Å². The molecule has 7 heteroatoms. The van der Waals surface area contributed by atoms with E-state index in [2.05, 4.69) is 57.0 Å². The van der Waals surface area contributed by atoms with Gasteiger partial charge >= 0.3 is 0 Å². The van der Waals surface area contributed by atoms with Crippen molar-refractivity contribution in [3.63, 3.8) is 0 Å². The summed E-state index contributed by atoms with van der Waals surface area (Å²) in [6, 6.07) is 23.7. The van der Waals surface area contributed by atoms with E-state index in [9.17, 15) is 0 Å². The molecule has 160 valence electrons. The summed E-state index contributed by atoms with van der Waals surface area (Å²) in [5.74, 6) is 0. The second-order valence-electron chi connectivity index (χ2n) is 7.73. The zero-order chi connectivity index (χ0) is 22.2. The summed E-state index contributed by atoms with van der Waals surface area (Å²) < 4.78 is 2.09. The van der Waals surface area contributed by atoms with Gasteiger partial charge in [0.1, 0.15) is 6.04 Å². The van der Waals surface area contributed by atoms with Crippen molar-refractivity contribution >= 4 is 46.2 Å². The number of nitrogens with one attached hydrogen (secondary N) is 1. The maximum absolute atomic E-state index is 6.58. The van der Waals surface area contributed by atoms with Crippen LogP contribution in [0, 0.1) is 6.92 Å². The van der Waals surface area contributed by atoms with E-state index in [1.165, 1.54) is 5.56 Å². The molecule has 32 heavy (non-hydrogen) atoms. The molecule has 1 fully saturated rings. The summed E-state index contributed by atoms with van der Waals surface area (Å²) in [6.45, 7) is 2.08. The van der Waals surface area contributed by atoms with Gasteiger partial charge < -0.3 is 14.8 Å². The molecule has 0 radical (unpaired) electrons. The van der Waals surface area contributed by atoms with Gasteiger partial charge in [0.2, 0.25) is 0 Å². The Labute approximate surface area is 202 Å². The van der Waals surface area contributed by atoms with Crippen molar-refractivity contribution in [1.29, 1.82) is 0 Å². The molecule has 2 unspecified atom stereocenters. The van der Waals surface area contributed by atoms with Gasteiger partial charge in [0.25, 0.3) is 0 Å². The fourth-order valence-corrected chi connectivity index (χ4v) is 5.02. The average Bonchev–Trinajstić information content (AvgIpc) is 3.39. The molecule has 4 nitrogen and oxygen atoms in total. The highest BCUT2D eigenvalue weighted by atomic mass is 35.5. The predicted molar refractivity (Wildman–Crippen MR) is 135 cm³/mol. The van der Waals surface area contributed by atoms with Gasteiger partial charge in [-0.3, -0.25) is 4.98 Å². The molecule has 1 aliphatic rings. The molecular weight excluding hydrogens is 459 g/mol. The summed E-state index contributed by atoms with van der Waals surface area (Å²) in [7, 11) is 0. The summed E-state index contributed by atoms with van der Waals surface area (Å²) >= 11 is 18.5. The summed E-state index contributed by atoms with van der Waals surface area (Å²) in [6.07, 6.45) is 3.81. The van der Waals surface area contributed by atoms with Gasteiger partial charge in [0.15, 0.2) is 5.11 Å². The van der Waals surface area contributed by atoms with Crippen LogP contribution in [0.4, 0.5) is 5.69 Å². The maximum Gasteiger partial charge on any atom is 0.174 e. The molecule has 0 aliphatic carbocycles. The Balaban J connectivity index is 1.68. The fraction of sp³-hybridized carbons (Fsp3) is 0.120. The summed E-state index contributed by atoms with van der Waals surface area (Å²) in [4.78, 5) is 6.78. The molecule has 2 aromatic carbocycles. The van der Waals surface area contributed by atoms with Crippen molar-refractivity contribution in [2.75, 3.05) is 4.90 Å². The number of aryl methyl sites for hydroxylation is 1. The Morgan fingerprint density at radius 1 is 0.969 bits per heavy atom. The van der Waals surface area contributed by atoms with E-state index in [1.807, 2.05) is 42.6 Å². The minimum atomic E-state index is -0.137. The molecular formula is C25H20Cl2N4S. The summed E-state index contributed by atoms with van der Waals surface area (Å²) in [5, 5.41) is 5.34. The van der Waals surface area contributed by atoms with Crippen LogP contribution >= 0.6 is 35.4 Å². The highest BCUT2D eigenvalue weighted by molar-refractivity contribution is 7.80. The molecule has 1 aliphatic heterocycles. The van der Waals surface area contributed by atoms with Gasteiger partial charge in [-0.25, -0.2) is 0 Å². The second-order valence-corrected chi connectivity index (χ2v) is 8.96. The Kier molecular flexibility index (Phi) is 5.64. The van der Waals surface area contributed by atoms with Crippen LogP contribution in [0.1, 0.15) is 29.0 Å². The van der Waals surface area contributed by atoms with Crippen molar-refractivity contribution in [3.8, 4) is 5.69 Å². The van der Waals surface area contributed by atoms with Crippen LogP contribution in [0.15, 0.2) is 85.2 Å². The number of pyridine rings is 1. The Hall–Kier alpha value is -2.86. The number of hydrogen-bond donors (Lipinski definition) is 1. The predicted octanol–water partition coefficient (Wildman–Crippen LogP) is 6.66. The smallest absolute Gasteiger partial charge is 0.174 e. The lowest BCUT2D eigenvalue weighted by atomic mass is 10.0. The average molecular weight is 479 g/mol. The molecule has 1 saturated heterocycles. The number of thiocarbonyl (C=S) groups is 1. The van der Waals surface area contributed by atoms with Crippen LogP contribution < -0.4 is 10.2 Å². The second kappa shape index (κ2) is 8.58. The van der Waals surface area contributed by atoms with Crippen LogP contribution in [-0.4, -0.2) is 14.7 Å². The molecule has 0 saturated carbocycles. The van der Waals surface area contributed by atoms with Gasteiger partial charge in [-0.1, -0.05) is 47.0 Å². The number of hydrogen-bond acceptors (Lipinski definition) is 2. The van der Waals surface area contributed by atoms with Crippen LogP contribution in [0.3, 0.4) is 0 Å². The number of anilines is 1. The molecule has 0 bridgehead atoms. The Bertz CT molecular complexity index is 1270. The van der Waals surface area contributed by atoms with Crippen LogP contribution in [0.2, 0.25) is 10.0 Å². The molecule has 3 heterocycles. The van der Waals surface area contributed by atoms with E-state index in [0.717, 1.165) is 22.8 Å². The number of benzene rings is 2. The standard InChI is InChI=1S/C25H20Cl2N4S/c1-16-7-10-18(11-8-16)31-24(23(29-25(31)32)20-5-2-3-13-28-20)22-6-4-14-30(22)21-12-9-17(26)15-19(21)27/h2-15,23-24H,1H3,(H,29,32). The third kappa shape index (κ3) is 3.77. The van der Waals surface area contributed by atoms with Crippen molar-refractivity contribution in [2.45, 2.75) is 19.0 Å². The first-order valence-corrected chi connectivity index (χ1v) is 11.4. The zero-order valence-electron chi connectivity index (χ0n) is 17.2. The SMILES string of the molecule is Cc1ccc(N2C(=S)NC(c3ccccn3)C2c2cccn2-c2ccc(Cl)cc2Cl)cc1. The summed E-state index contributed by atoms with van der Waals surface area (Å²) in [5.41, 5.74) is 5.03. The van der Waals surface area contributed by atoms with E-state index in [-0.39, 0.29) is 12.1 Å². The maximum atomic E-state index is 6.58. The molecule has 0 spiro atoms. The first-order chi connectivity index (χ1) is 15.5. The fourth-order valence-electron chi connectivity index (χ4n) is 4.17. The van der Waals surface area contributed by atoms with Crippen molar-refractivity contribution in [2.24, 2.45) is 0 Å². The van der Waals surface area contributed by atoms with Crippen LogP contribution in [0.5, 0.6) is 0 Å². The number of nitrogens with zero attached hydrogens (tertiary/aromatic N) is 3. The third-order valence-corrected chi connectivity index (χ3v) is 6.52. The van der Waals surface area contributed by atoms with Crippen molar-refractivity contribution in [1.82, 2.24) is 14.9 Å². The van der Waals surface area contributed by atoms with Crippen LogP contribution in [0.25, 0.3) is 5.69 Å². The monoisotopic (exact) mass is 478 g/mol. The normalized spacial score (nSPS) is 18.1. The largest absolute Gasteiger partial charge is 0.351 e. The van der Waals surface area contributed by atoms with Gasteiger partial charge in [-0.2, -0.15) is 0 Å². The Morgan fingerprint density at radius 3 is 2.50 bits per heavy atom. The Morgan fingerprint density at radius 2 is 1.78 bits per heavy atom. The number of rotatable bonds is 4. The van der Waals surface area contributed by atoms with E-state index in [0.29, 0.717) is 15.2 Å². The lowest BCUT2D eigenvalue weighted by Crippen LogP contribution is -2.30. The van der Waals surface area contributed by atoms with Gasteiger partial charge in [0.05, 0.1) is 22.4 Å². The highest BCUT2D eigenvalue weighted by Gasteiger charge is 2.42. The minimum absolute atomic E-state index is 0.135. The minimum Gasteiger partial charge on any atom is -0.351 e. The number of halogens is 2. The number of aromatic nitrogens is 2. The quantitative estimate of drug-likeness (QED) is 0.332. The zero-order valence-corrected chi connectivity index (χ0v) is 19.6. The molecule has 1 N–H and O–H groups in total. The van der Waals surface area contributed by atoms with E-state index < -0.39 is 0 Å². The molecule has 4 aromatic rings. The van der Waals surface area contributed by atoms with E-state index >= 15 is 0 Å².